The zero-order chi connectivity index (χ0) is 14.0. The fourth-order valence-corrected chi connectivity index (χ4v) is 4.68. The smallest absolute Gasteiger partial charge is 0.150 e. The third kappa shape index (κ3) is 3.64. The minimum Gasteiger partial charge on any atom is -0.486 e. The highest BCUT2D eigenvalue weighted by atomic mass is 79.9. The fraction of sp³-hybridized carbons (Fsp3) is 0.0769. The maximum atomic E-state index is 5.90. The first-order valence-electron chi connectivity index (χ1n) is 5.20. The number of hydrogen-bond acceptors (Lipinski definition) is 1. The third-order valence-electron chi connectivity index (χ3n) is 2.40. The van der Waals surface area contributed by atoms with Crippen LogP contribution in [0, 0.1) is 0 Å². The van der Waals surface area contributed by atoms with E-state index >= 15 is 0 Å². The van der Waals surface area contributed by atoms with Crippen molar-refractivity contribution in [3.63, 3.8) is 0 Å². The lowest BCUT2D eigenvalue weighted by Crippen LogP contribution is -1.98. The first kappa shape index (κ1) is 16.0. The van der Waals surface area contributed by atoms with Crippen molar-refractivity contribution in [3.05, 3.63) is 58.3 Å². The quantitative estimate of drug-likeness (QED) is 0.280. The Balaban J connectivity index is 2.31. The highest BCUT2D eigenvalue weighted by Crippen LogP contribution is 2.48. The van der Waals surface area contributed by atoms with Crippen LogP contribution in [0.15, 0.2) is 52.7 Å². The second-order valence-corrected chi connectivity index (χ2v) is 7.64. The van der Waals surface area contributed by atoms with E-state index in [1.54, 1.807) is 0 Å². The second kappa shape index (κ2) is 7.07. The molecule has 0 heterocycles. The summed E-state index contributed by atoms with van der Waals surface area (Å²) in [5, 5.41) is 0. The van der Waals surface area contributed by atoms with E-state index in [0.717, 1.165) is 33.7 Å². The van der Waals surface area contributed by atoms with E-state index in [0.29, 0.717) is 6.61 Å². The van der Waals surface area contributed by atoms with Gasteiger partial charge in [0, 0.05) is 4.47 Å². The van der Waals surface area contributed by atoms with Gasteiger partial charge in [0.1, 0.15) is 6.61 Å². The van der Waals surface area contributed by atoms with Gasteiger partial charge in [-0.2, -0.15) is 0 Å². The fourth-order valence-electron chi connectivity index (χ4n) is 1.44. The van der Waals surface area contributed by atoms with Gasteiger partial charge >= 0.3 is 0 Å². The molecule has 6 heteroatoms. The molecule has 1 nitrogen and oxygen atoms in total. The number of halogens is 5. The first-order valence-corrected chi connectivity index (χ1v) is 9.17. The van der Waals surface area contributed by atoms with Gasteiger partial charge in [-0.05, 0) is 85.2 Å². The van der Waals surface area contributed by atoms with Crippen molar-refractivity contribution < 1.29 is 4.74 Å². The van der Waals surface area contributed by atoms with Gasteiger partial charge in [-0.3, -0.25) is 0 Å². The van der Waals surface area contributed by atoms with Crippen LogP contribution in [0.1, 0.15) is 5.56 Å². The molecule has 0 unspecified atom stereocenters. The number of hydrogen-bond donors (Lipinski definition) is 0. The van der Waals surface area contributed by atoms with Crippen LogP contribution in [0.25, 0.3) is 0 Å². The van der Waals surface area contributed by atoms with E-state index in [4.69, 9.17) is 4.74 Å². The summed E-state index contributed by atoms with van der Waals surface area (Å²) in [6.45, 7) is 0.512. The minimum absolute atomic E-state index is 0.512. The van der Waals surface area contributed by atoms with Crippen LogP contribution < -0.4 is 4.74 Å². The summed E-state index contributed by atoms with van der Waals surface area (Å²) < 4.78 is 10.4. The van der Waals surface area contributed by atoms with E-state index < -0.39 is 0 Å². The summed E-state index contributed by atoms with van der Waals surface area (Å²) in [6, 6.07) is 10.0. The minimum atomic E-state index is 0.512. The van der Waals surface area contributed by atoms with Gasteiger partial charge in [0.25, 0.3) is 0 Å². The van der Waals surface area contributed by atoms with Gasteiger partial charge in [-0.25, -0.2) is 0 Å². The Bertz CT molecular complexity index is 569. The topological polar surface area (TPSA) is 9.23 Å². The van der Waals surface area contributed by atoms with E-state index in [-0.39, 0.29) is 0 Å². The SMILES string of the molecule is Brc1c(Br)c(Br)c(OCc2ccccc2)c(Br)c1Br. The summed E-state index contributed by atoms with van der Waals surface area (Å²) in [5.41, 5.74) is 1.12. The van der Waals surface area contributed by atoms with Crippen molar-refractivity contribution in [3.8, 4) is 5.75 Å². The van der Waals surface area contributed by atoms with Crippen LogP contribution >= 0.6 is 79.6 Å². The summed E-state index contributed by atoms with van der Waals surface area (Å²) in [6.07, 6.45) is 0. The van der Waals surface area contributed by atoms with Crippen molar-refractivity contribution in [1.29, 1.82) is 0 Å². The van der Waals surface area contributed by atoms with E-state index in [2.05, 4.69) is 79.6 Å². The summed E-state index contributed by atoms with van der Waals surface area (Å²) >= 11 is 17.6. The molecule has 0 amide bonds. The Morgan fingerprint density at radius 1 is 0.684 bits per heavy atom. The lowest BCUT2D eigenvalue weighted by atomic mass is 10.2. The zero-order valence-corrected chi connectivity index (χ0v) is 17.3. The van der Waals surface area contributed by atoms with Gasteiger partial charge in [0.15, 0.2) is 5.75 Å². The molecule has 0 aliphatic rings. The molecule has 0 spiro atoms. The Hall–Kier alpha value is 0.640. The molecule has 2 aromatic rings. The maximum Gasteiger partial charge on any atom is 0.150 e. The summed E-state index contributed by atoms with van der Waals surface area (Å²) in [7, 11) is 0. The van der Waals surface area contributed by atoms with E-state index in [1.165, 1.54) is 0 Å². The molecule has 0 saturated heterocycles. The predicted molar refractivity (Wildman–Crippen MR) is 95.7 cm³/mol. The zero-order valence-electron chi connectivity index (χ0n) is 9.39. The molecule has 0 aliphatic heterocycles. The van der Waals surface area contributed by atoms with Crippen LogP contribution in [0.5, 0.6) is 5.75 Å². The average Bonchev–Trinajstić information content (AvgIpc) is 2.44. The van der Waals surface area contributed by atoms with Gasteiger partial charge in [-0.15, -0.1) is 0 Å². The van der Waals surface area contributed by atoms with Crippen molar-refractivity contribution in [2.45, 2.75) is 6.61 Å². The van der Waals surface area contributed by atoms with Gasteiger partial charge in [-0.1, -0.05) is 30.3 Å². The molecule has 0 aliphatic carbocycles. The molecular formula is C13H7Br5O. The summed E-state index contributed by atoms with van der Waals surface area (Å²) in [4.78, 5) is 0. The van der Waals surface area contributed by atoms with Gasteiger partial charge in [0.05, 0.1) is 17.9 Å². The molecule has 0 bridgehead atoms. The lowest BCUT2D eigenvalue weighted by molar-refractivity contribution is 0.301. The Morgan fingerprint density at radius 3 is 1.68 bits per heavy atom. The normalized spacial score (nSPS) is 10.6. The Labute approximate surface area is 153 Å². The van der Waals surface area contributed by atoms with Crippen LogP contribution in [-0.2, 0) is 6.61 Å². The molecule has 2 aromatic carbocycles. The predicted octanol–water partition coefficient (Wildman–Crippen LogP) is 7.08. The molecule has 2 rings (SSSR count). The lowest BCUT2D eigenvalue weighted by Gasteiger charge is -2.14. The third-order valence-corrected chi connectivity index (χ3v) is 8.42. The molecular weight excluding hydrogens is 572 g/mol. The molecule has 0 radical (unpaired) electrons. The molecule has 0 saturated carbocycles. The van der Waals surface area contributed by atoms with Crippen molar-refractivity contribution in [2.75, 3.05) is 0 Å². The number of ether oxygens (including phenoxy) is 1. The van der Waals surface area contributed by atoms with E-state index in [1.807, 2.05) is 30.3 Å². The molecule has 100 valence electrons. The van der Waals surface area contributed by atoms with Gasteiger partial charge in [0.2, 0.25) is 0 Å². The molecule has 0 atom stereocenters. The molecule has 0 N–H and O–H groups in total. The number of benzene rings is 2. The first-order chi connectivity index (χ1) is 9.02. The monoisotopic (exact) mass is 574 g/mol. The highest BCUT2D eigenvalue weighted by Gasteiger charge is 2.18. The van der Waals surface area contributed by atoms with Crippen LogP contribution in [0.2, 0.25) is 0 Å². The van der Waals surface area contributed by atoms with Crippen LogP contribution in [-0.4, -0.2) is 0 Å². The molecule has 0 aromatic heterocycles. The van der Waals surface area contributed by atoms with Crippen molar-refractivity contribution in [2.24, 2.45) is 0 Å². The molecule has 0 fully saturated rings. The second-order valence-electron chi connectivity index (χ2n) is 3.67. The van der Waals surface area contributed by atoms with E-state index in [9.17, 15) is 0 Å². The maximum absolute atomic E-state index is 5.90. The highest BCUT2D eigenvalue weighted by molar-refractivity contribution is 9.15. The Morgan fingerprint density at radius 2 is 1.16 bits per heavy atom. The largest absolute Gasteiger partial charge is 0.486 e. The average molecular weight is 579 g/mol. The Kier molecular flexibility index (Phi) is 5.96. The van der Waals surface area contributed by atoms with Crippen molar-refractivity contribution >= 4 is 79.6 Å². The van der Waals surface area contributed by atoms with Crippen LogP contribution in [0.3, 0.4) is 0 Å². The standard InChI is InChI=1S/C13H7Br5O/c14-8-9(15)11(17)13(12(18)10(8)16)19-6-7-4-2-1-3-5-7/h1-5H,6H2. The van der Waals surface area contributed by atoms with Crippen LogP contribution in [0.4, 0.5) is 0 Å². The van der Waals surface area contributed by atoms with Crippen molar-refractivity contribution in [1.82, 2.24) is 0 Å². The molecule has 19 heavy (non-hydrogen) atoms. The number of rotatable bonds is 3. The summed E-state index contributed by atoms with van der Waals surface area (Å²) in [5.74, 6) is 0.755. The van der Waals surface area contributed by atoms with Gasteiger partial charge < -0.3 is 4.74 Å².